The number of nitrogens with one attached hydrogen (secondary N) is 2. The second-order valence-corrected chi connectivity index (χ2v) is 5.92. The molecule has 3 rings (SSSR count). The van der Waals surface area contributed by atoms with Crippen molar-refractivity contribution in [1.29, 1.82) is 0 Å². The third kappa shape index (κ3) is 4.55. The molecule has 0 atom stereocenters. The maximum Gasteiger partial charge on any atom is 0.252 e. The van der Waals surface area contributed by atoms with Gasteiger partial charge in [0, 0.05) is 22.7 Å². The number of halogens is 1. The van der Waals surface area contributed by atoms with Crippen molar-refractivity contribution in [2.75, 3.05) is 0 Å². The van der Waals surface area contributed by atoms with Gasteiger partial charge in [0.25, 0.3) is 5.91 Å². The summed E-state index contributed by atoms with van der Waals surface area (Å²) in [6, 6.07) is 22.8. The maximum absolute atomic E-state index is 12.8. The maximum atomic E-state index is 12.8. The van der Waals surface area contributed by atoms with E-state index < -0.39 is 0 Å². The predicted octanol–water partition coefficient (Wildman–Crippen LogP) is 4.01. The molecule has 124 valence electrons. The molecule has 2 aromatic carbocycles. The number of benzene rings is 2. The first-order chi connectivity index (χ1) is 12.2. The molecular formula is C21H18ClN2O+. The van der Waals surface area contributed by atoms with Gasteiger partial charge in [-0.05, 0) is 23.3 Å². The first-order valence-corrected chi connectivity index (χ1v) is 8.37. The van der Waals surface area contributed by atoms with E-state index in [1.54, 1.807) is 0 Å². The van der Waals surface area contributed by atoms with Crippen LogP contribution >= 0.6 is 11.6 Å². The summed E-state index contributed by atoms with van der Waals surface area (Å²) in [5.41, 5.74) is 3.16. The summed E-state index contributed by atoms with van der Waals surface area (Å²) in [5, 5.41) is 3.57. The molecule has 0 bridgehead atoms. The van der Waals surface area contributed by atoms with E-state index in [4.69, 9.17) is 11.6 Å². The van der Waals surface area contributed by atoms with E-state index in [0.717, 1.165) is 16.8 Å². The third-order valence-corrected chi connectivity index (χ3v) is 4.09. The zero-order valence-corrected chi connectivity index (χ0v) is 14.3. The molecule has 3 aromatic rings. The van der Waals surface area contributed by atoms with E-state index in [1.807, 2.05) is 85.1 Å². The van der Waals surface area contributed by atoms with E-state index >= 15 is 0 Å². The summed E-state index contributed by atoms with van der Waals surface area (Å²) in [7, 11) is 0. The van der Waals surface area contributed by atoms with Crippen molar-refractivity contribution in [1.82, 2.24) is 5.32 Å². The SMILES string of the molecule is O=C(NCc1cccc[nH+]1)C(=Cc1ccccc1Cl)c1ccccc1. The number of aromatic amines is 1. The lowest BCUT2D eigenvalue weighted by Gasteiger charge is -2.09. The Kier molecular flexibility index (Phi) is 5.60. The quantitative estimate of drug-likeness (QED) is 0.549. The fraction of sp³-hybridized carbons (Fsp3) is 0.0476. The minimum atomic E-state index is -0.150. The van der Waals surface area contributed by atoms with Crippen LogP contribution in [0.2, 0.25) is 5.02 Å². The molecule has 4 heteroatoms. The predicted molar refractivity (Wildman–Crippen MR) is 101 cm³/mol. The van der Waals surface area contributed by atoms with Crippen molar-refractivity contribution >= 4 is 29.2 Å². The van der Waals surface area contributed by atoms with Gasteiger partial charge in [-0.1, -0.05) is 66.2 Å². The van der Waals surface area contributed by atoms with Crippen molar-refractivity contribution in [3.8, 4) is 0 Å². The lowest BCUT2D eigenvalue weighted by Crippen LogP contribution is -2.27. The Balaban J connectivity index is 1.89. The number of hydrogen-bond donors (Lipinski definition) is 1. The molecule has 0 radical (unpaired) electrons. The van der Waals surface area contributed by atoms with Crippen LogP contribution in [0.3, 0.4) is 0 Å². The molecule has 0 aliphatic carbocycles. The fourth-order valence-electron chi connectivity index (χ4n) is 2.46. The van der Waals surface area contributed by atoms with Crippen LogP contribution in [0.25, 0.3) is 11.6 Å². The third-order valence-electron chi connectivity index (χ3n) is 3.75. The molecule has 2 N–H and O–H groups in total. The smallest absolute Gasteiger partial charge is 0.252 e. The van der Waals surface area contributed by atoms with Gasteiger partial charge in [0.15, 0.2) is 11.9 Å². The lowest BCUT2D eigenvalue weighted by atomic mass is 10.0. The Morgan fingerprint density at radius 2 is 1.68 bits per heavy atom. The number of carbonyl (C=O) groups is 1. The molecule has 0 aliphatic rings. The van der Waals surface area contributed by atoms with Crippen LogP contribution < -0.4 is 10.3 Å². The molecule has 0 aliphatic heterocycles. The fourth-order valence-corrected chi connectivity index (χ4v) is 2.65. The molecule has 3 nitrogen and oxygen atoms in total. The van der Waals surface area contributed by atoms with Crippen LogP contribution in [-0.4, -0.2) is 5.91 Å². The Labute approximate surface area is 152 Å². The Bertz CT molecular complexity index is 877. The Morgan fingerprint density at radius 1 is 0.960 bits per heavy atom. The molecule has 1 aromatic heterocycles. The van der Waals surface area contributed by atoms with Crippen molar-refractivity contribution in [3.05, 3.63) is 101 Å². The average molecular weight is 350 g/mol. The highest BCUT2D eigenvalue weighted by molar-refractivity contribution is 6.33. The zero-order valence-electron chi connectivity index (χ0n) is 13.6. The summed E-state index contributed by atoms with van der Waals surface area (Å²) in [6.07, 6.45) is 3.65. The van der Waals surface area contributed by atoms with Gasteiger partial charge in [-0.15, -0.1) is 0 Å². The molecule has 0 unspecified atom stereocenters. The molecule has 0 spiro atoms. The van der Waals surface area contributed by atoms with Gasteiger partial charge in [0.1, 0.15) is 6.54 Å². The van der Waals surface area contributed by atoms with Crippen LogP contribution in [0.1, 0.15) is 16.8 Å². The van der Waals surface area contributed by atoms with Gasteiger partial charge in [-0.3, -0.25) is 4.79 Å². The van der Waals surface area contributed by atoms with E-state index in [0.29, 0.717) is 17.1 Å². The average Bonchev–Trinajstić information content (AvgIpc) is 2.67. The number of H-pyrrole nitrogens is 1. The lowest BCUT2D eigenvalue weighted by molar-refractivity contribution is -0.390. The van der Waals surface area contributed by atoms with Gasteiger partial charge in [0.2, 0.25) is 0 Å². The molecule has 0 saturated heterocycles. The number of aromatic nitrogens is 1. The van der Waals surface area contributed by atoms with Crippen LogP contribution in [0.4, 0.5) is 0 Å². The summed E-state index contributed by atoms with van der Waals surface area (Å²) < 4.78 is 0. The Morgan fingerprint density at radius 3 is 2.40 bits per heavy atom. The van der Waals surface area contributed by atoms with Gasteiger partial charge in [0.05, 0.1) is 0 Å². The molecule has 25 heavy (non-hydrogen) atoms. The molecule has 1 amide bonds. The molecule has 1 heterocycles. The van der Waals surface area contributed by atoms with Gasteiger partial charge in [-0.2, -0.15) is 0 Å². The van der Waals surface area contributed by atoms with Crippen LogP contribution in [-0.2, 0) is 11.3 Å². The van der Waals surface area contributed by atoms with Crippen LogP contribution in [0, 0.1) is 0 Å². The highest BCUT2D eigenvalue weighted by Crippen LogP contribution is 2.23. The summed E-state index contributed by atoms with van der Waals surface area (Å²) in [6.45, 7) is 0.423. The van der Waals surface area contributed by atoms with E-state index in [2.05, 4.69) is 10.3 Å². The summed E-state index contributed by atoms with van der Waals surface area (Å²) >= 11 is 6.25. The van der Waals surface area contributed by atoms with Crippen molar-refractivity contribution in [3.63, 3.8) is 0 Å². The number of hydrogen-bond acceptors (Lipinski definition) is 1. The van der Waals surface area contributed by atoms with E-state index in [-0.39, 0.29) is 5.91 Å². The standard InChI is InChI=1S/C21H17ClN2O/c22-20-12-5-4-10-17(20)14-19(16-8-2-1-3-9-16)21(25)24-15-18-11-6-7-13-23-18/h1-14H,15H2,(H,24,25)/p+1. The summed E-state index contributed by atoms with van der Waals surface area (Å²) in [5.74, 6) is -0.150. The number of pyridine rings is 1. The van der Waals surface area contributed by atoms with Gasteiger partial charge >= 0.3 is 0 Å². The van der Waals surface area contributed by atoms with Crippen LogP contribution in [0.15, 0.2) is 79.0 Å². The molecule has 0 saturated carbocycles. The second-order valence-electron chi connectivity index (χ2n) is 5.52. The molecule has 0 fully saturated rings. The first kappa shape index (κ1) is 16.9. The second kappa shape index (κ2) is 8.27. The normalized spacial score (nSPS) is 11.2. The van der Waals surface area contributed by atoms with Crippen molar-refractivity contribution < 1.29 is 9.78 Å². The van der Waals surface area contributed by atoms with Crippen LogP contribution in [0.5, 0.6) is 0 Å². The first-order valence-electron chi connectivity index (χ1n) is 7.99. The summed E-state index contributed by atoms with van der Waals surface area (Å²) in [4.78, 5) is 15.9. The minimum Gasteiger partial charge on any atom is -0.342 e. The Hall–Kier alpha value is -2.91. The van der Waals surface area contributed by atoms with E-state index in [9.17, 15) is 4.79 Å². The highest BCUT2D eigenvalue weighted by Gasteiger charge is 2.13. The van der Waals surface area contributed by atoms with Crippen molar-refractivity contribution in [2.24, 2.45) is 0 Å². The molecular weight excluding hydrogens is 332 g/mol. The minimum absolute atomic E-state index is 0.150. The number of carbonyl (C=O) groups excluding carboxylic acids is 1. The number of rotatable bonds is 5. The van der Waals surface area contributed by atoms with E-state index in [1.165, 1.54) is 0 Å². The highest BCUT2D eigenvalue weighted by atomic mass is 35.5. The number of amides is 1. The largest absolute Gasteiger partial charge is 0.342 e. The van der Waals surface area contributed by atoms with Crippen molar-refractivity contribution in [2.45, 2.75) is 6.54 Å². The monoisotopic (exact) mass is 349 g/mol. The zero-order chi connectivity index (χ0) is 17.5. The van der Waals surface area contributed by atoms with Gasteiger partial charge < -0.3 is 5.32 Å². The van der Waals surface area contributed by atoms with Gasteiger partial charge in [-0.25, -0.2) is 4.98 Å². The topological polar surface area (TPSA) is 43.2 Å².